The fourth-order valence-corrected chi connectivity index (χ4v) is 4.44. The number of carbonyl (C=O) groups excluding carboxylic acids is 1. The quantitative estimate of drug-likeness (QED) is 0.522. The van der Waals surface area contributed by atoms with Crippen LogP contribution in [0.1, 0.15) is 37.9 Å². The Morgan fingerprint density at radius 3 is 2.51 bits per heavy atom. The minimum absolute atomic E-state index is 0.0822. The molecule has 1 aromatic heterocycles. The van der Waals surface area contributed by atoms with Gasteiger partial charge in [-0.1, -0.05) is 63.2 Å². The minimum atomic E-state index is -0.409. The van der Waals surface area contributed by atoms with E-state index in [9.17, 15) is 9.18 Å². The lowest BCUT2D eigenvalue weighted by atomic mass is 9.92. The fraction of sp³-hybridized carbons (Fsp3) is 0.407. The molecule has 2 heterocycles. The Hall–Kier alpha value is -3.23. The molecule has 186 valence electrons. The van der Waals surface area contributed by atoms with Gasteiger partial charge in [0.25, 0.3) is 0 Å². The summed E-state index contributed by atoms with van der Waals surface area (Å²) < 4.78 is 21.3. The lowest BCUT2D eigenvalue weighted by Crippen LogP contribution is -2.42. The monoisotopic (exact) mass is 479 g/mol. The van der Waals surface area contributed by atoms with E-state index in [0.29, 0.717) is 12.4 Å². The molecule has 2 atom stereocenters. The number of benzene rings is 2. The molecule has 7 nitrogen and oxygen atoms in total. The van der Waals surface area contributed by atoms with Gasteiger partial charge in [0, 0.05) is 44.1 Å². The fourth-order valence-electron chi connectivity index (χ4n) is 4.44. The first kappa shape index (κ1) is 24.9. The molecule has 2 amide bonds. The van der Waals surface area contributed by atoms with Crippen LogP contribution in [0.2, 0.25) is 0 Å². The van der Waals surface area contributed by atoms with Crippen LogP contribution in [0.4, 0.5) is 15.0 Å². The summed E-state index contributed by atoms with van der Waals surface area (Å²) in [5, 5.41) is 10.7. The number of anilines is 1. The number of halogens is 1. The van der Waals surface area contributed by atoms with E-state index in [4.69, 9.17) is 4.74 Å². The summed E-state index contributed by atoms with van der Waals surface area (Å²) in [6, 6.07) is 18.0. The number of nitrogens with zero attached hydrogens (tertiary/aromatic N) is 3. The van der Waals surface area contributed by atoms with E-state index in [1.807, 2.05) is 39.0 Å². The molecule has 8 heteroatoms. The van der Waals surface area contributed by atoms with Crippen LogP contribution in [-0.2, 0) is 10.2 Å². The van der Waals surface area contributed by atoms with Gasteiger partial charge in [-0.25, -0.2) is 13.9 Å². The maximum absolute atomic E-state index is 14.6. The van der Waals surface area contributed by atoms with Gasteiger partial charge in [-0.05, 0) is 17.7 Å². The van der Waals surface area contributed by atoms with Crippen molar-refractivity contribution in [3.8, 4) is 5.69 Å². The highest BCUT2D eigenvalue weighted by atomic mass is 19.1. The molecule has 0 aliphatic carbocycles. The second-order valence-corrected chi connectivity index (χ2v) is 10.0. The average molecular weight is 480 g/mol. The van der Waals surface area contributed by atoms with Crippen LogP contribution in [0, 0.1) is 5.82 Å². The van der Waals surface area contributed by atoms with Crippen LogP contribution < -0.4 is 10.6 Å². The third kappa shape index (κ3) is 5.89. The third-order valence-corrected chi connectivity index (χ3v) is 6.35. The summed E-state index contributed by atoms with van der Waals surface area (Å²) in [7, 11) is 1.69. The summed E-state index contributed by atoms with van der Waals surface area (Å²) in [5.74, 6) is 0.164. The number of methoxy groups -OCH3 is 1. The van der Waals surface area contributed by atoms with Gasteiger partial charge in [-0.3, -0.25) is 10.2 Å². The third-order valence-electron chi connectivity index (χ3n) is 6.35. The predicted octanol–water partition coefficient (Wildman–Crippen LogP) is 4.54. The Morgan fingerprint density at radius 2 is 1.83 bits per heavy atom. The highest BCUT2D eigenvalue weighted by Gasteiger charge is 2.35. The second-order valence-electron chi connectivity index (χ2n) is 10.0. The lowest BCUT2D eigenvalue weighted by Gasteiger charge is -2.21. The normalized spacial score (nSPS) is 18.5. The standard InChI is InChI=1S/C27H34FN5O2/c1-27(2,3)24-16-25(33(31-24)23-13-9-8-12-21(23)28)30-26(34)29-22-18-32(14-15-35-4)17-20(22)19-10-6-5-7-11-19/h5-13,16,20,22H,14-15,17-18H2,1-4H3,(H2,29,30,34). The molecule has 1 aliphatic heterocycles. The molecule has 35 heavy (non-hydrogen) atoms. The number of hydrogen-bond donors (Lipinski definition) is 2. The molecule has 4 rings (SSSR count). The van der Waals surface area contributed by atoms with E-state index in [0.717, 1.165) is 25.3 Å². The number of urea groups is 1. The number of nitrogens with one attached hydrogen (secondary N) is 2. The second kappa shape index (κ2) is 10.6. The van der Waals surface area contributed by atoms with Gasteiger partial charge in [-0.15, -0.1) is 0 Å². The first-order valence-electron chi connectivity index (χ1n) is 12.0. The van der Waals surface area contributed by atoms with Crippen molar-refractivity contribution in [1.29, 1.82) is 0 Å². The van der Waals surface area contributed by atoms with Gasteiger partial charge in [-0.2, -0.15) is 5.10 Å². The summed E-state index contributed by atoms with van der Waals surface area (Å²) in [6.07, 6.45) is 0. The van der Waals surface area contributed by atoms with E-state index in [1.165, 1.54) is 16.3 Å². The smallest absolute Gasteiger partial charge is 0.320 e. The maximum atomic E-state index is 14.6. The van der Waals surface area contributed by atoms with Gasteiger partial charge in [0.2, 0.25) is 0 Å². The lowest BCUT2D eigenvalue weighted by molar-refractivity contribution is 0.159. The van der Waals surface area contributed by atoms with E-state index in [-0.39, 0.29) is 29.1 Å². The molecule has 0 radical (unpaired) electrons. The number of para-hydroxylation sites is 1. The summed E-state index contributed by atoms with van der Waals surface area (Å²) in [6.45, 7) is 9.08. The Kier molecular flexibility index (Phi) is 7.52. The van der Waals surface area contributed by atoms with Crippen molar-refractivity contribution >= 4 is 11.8 Å². The largest absolute Gasteiger partial charge is 0.383 e. The zero-order valence-corrected chi connectivity index (χ0v) is 20.8. The van der Waals surface area contributed by atoms with Gasteiger partial charge in [0.15, 0.2) is 0 Å². The minimum Gasteiger partial charge on any atom is -0.383 e. The number of likely N-dealkylation sites (tertiary alicyclic amines) is 1. The van der Waals surface area contributed by atoms with Crippen LogP contribution in [-0.4, -0.2) is 60.1 Å². The maximum Gasteiger partial charge on any atom is 0.320 e. The van der Waals surface area contributed by atoms with Gasteiger partial charge >= 0.3 is 6.03 Å². The molecule has 1 aliphatic rings. The van der Waals surface area contributed by atoms with Crippen LogP contribution in [0.25, 0.3) is 5.69 Å². The predicted molar refractivity (Wildman–Crippen MR) is 136 cm³/mol. The molecule has 1 saturated heterocycles. The van der Waals surface area contributed by atoms with Crippen molar-refractivity contribution in [2.45, 2.75) is 38.1 Å². The highest BCUT2D eigenvalue weighted by molar-refractivity contribution is 5.89. The van der Waals surface area contributed by atoms with Crippen molar-refractivity contribution in [2.24, 2.45) is 0 Å². The molecule has 3 aromatic rings. The highest BCUT2D eigenvalue weighted by Crippen LogP contribution is 2.29. The summed E-state index contributed by atoms with van der Waals surface area (Å²) >= 11 is 0. The zero-order valence-electron chi connectivity index (χ0n) is 20.8. The van der Waals surface area contributed by atoms with Crippen molar-refractivity contribution in [2.75, 3.05) is 38.7 Å². The number of aromatic nitrogens is 2. The van der Waals surface area contributed by atoms with E-state index < -0.39 is 5.82 Å². The van der Waals surface area contributed by atoms with Gasteiger partial charge in [0.1, 0.15) is 17.3 Å². The Labute approximate surface area is 206 Å². The van der Waals surface area contributed by atoms with Crippen LogP contribution in [0.3, 0.4) is 0 Å². The molecule has 0 bridgehead atoms. The molecule has 0 saturated carbocycles. The van der Waals surface area contributed by atoms with Gasteiger partial charge < -0.3 is 10.1 Å². The zero-order chi connectivity index (χ0) is 25.0. The van der Waals surface area contributed by atoms with E-state index in [2.05, 4.69) is 32.8 Å². The summed E-state index contributed by atoms with van der Waals surface area (Å²) in [5.41, 5.74) is 1.95. The van der Waals surface area contributed by atoms with Crippen molar-refractivity contribution in [3.05, 3.63) is 77.7 Å². The molecular weight excluding hydrogens is 445 g/mol. The van der Waals surface area contributed by atoms with Crippen LogP contribution in [0.15, 0.2) is 60.7 Å². The molecular formula is C27H34FN5O2. The molecule has 0 spiro atoms. The summed E-state index contributed by atoms with van der Waals surface area (Å²) in [4.78, 5) is 15.5. The SMILES string of the molecule is COCCN1CC(NC(=O)Nc2cc(C(C)(C)C)nn2-c2ccccc2F)C(c2ccccc2)C1. The number of amides is 2. The van der Waals surface area contributed by atoms with Crippen LogP contribution in [0.5, 0.6) is 0 Å². The molecule has 2 unspecified atom stereocenters. The van der Waals surface area contributed by atoms with Crippen molar-refractivity contribution in [1.82, 2.24) is 20.0 Å². The number of rotatable bonds is 7. The van der Waals surface area contributed by atoms with E-state index >= 15 is 0 Å². The van der Waals surface area contributed by atoms with Crippen molar-refractivity contribution in [3.63, 3.8) is 0 Å². The Bertz CT molecular complexity index is 1140. The van der Waals surface area contributed by atoms with Crippen LogP contribution >= 0.6 is 0 Å². The Balaban J connectivity index is 1.56. The average Bonchev–Trinajstić information content (AvgIpc) is 3.43. The number of ether oxygens (including phenoxy) is 1. The molecule has 2 N–H and O–H groups in total. The molecule has 1 fully saturated rings. The number of carbonyl (C=O) groups is 1. The molecule has 2 aromatic carbocycles. The number of hydrogen-bond acceptors (Lipinski definition) is 4. The first-order chi connectivity index (χ1) is 16.8. The topological polar surface area (TPSA) is 71.4 Å². The first-order valence-corrected chi connectivity index (χ1v) is 12.0. The van der Waals surface area contributed by atoms with Crippen molar-refractivity contribution < 1.29 is 13.9 Å². The van der Waals surface area contributed by atoms with E-state index in [1.54, 1.807) is 31.4 Å². The van der Waals surface area contributed by atoms with Gasteiger partial charge in [0.05, 0.1) is 18.3 Å². The Morgan fingerprint density at radius 1 is 1.11 bits per heavy atom.